The Hall–Kier alpha value is -1.44. The summed E-state index contributed by atoms with van der Waals surface area (Å²) in [6.45, 7) is 4.59. The summed E-state index contributed by atoms with van der Waals surface area (Å²) in [6, 6.07) is 5.86. The highest BCUT2D eigenvalue weighted by Crippen LogP contribution is 2.31. The monoisotopic (exact) mass is 192 g/mol. The SMILES string of the molecule is CC=Cc1cccc(OC)c1OCC. The quantitative estimate of drug-likeness (QED) is 0.729. The smallest absolute Gasteiger partial charge is 0.168 e. The highest BCUT2D eigenvalue weighted by atomic mass is 16.5. The molecule has 0 saturated carbocycles. The molecule has 0 N–H and O–H groups in total. The van der Waals surface area contributed by atoms with Gasteiger partial charge in [0.15, 0.2) is 11.5 Å². The lowest BCUT2D eigenvalue weighted by Gasteiger charge is -2.11. The number of para-hydroxylation sites is 1. The van der Waals surface area contributed by atoms with E-state index in [1.165, 1.54) is 0 Å². The average Bonchev–Trinajstić information content (AvgIpc) is 2.21. The molecular formula is C12H16O2. The lowest BCUT2D eigenvalue weighted by molar-refractivity contribution is 0.310. The Labute approximate surface area is 85.2 Å². The highest BCUT2D eigenvalue weighted by Gasteiger charge is 2.06. The summed E-state index contributed by atoms with van der Waals surface area (Å²) < 4.78 is 10.8. The Morgan fingerprint density at radius 2 is 2.14 bits per heavy atom. The van der Waals surface area contributed by atoms with Crippen molar-refractivity contribution in [2.75, 3.05) is 13.7 Å². The first kappa shape index (κ1) is 10.6. The molecule has 1 rings (SSSR count). The summed E-state index contributed by atoms with van der Waals surface area (Å²) in [5.41, 5.74) is 1.05. The molecule has 14 heavy (non-hydrogen) atoms. The average molecular weight is 192 g/mol. The second-order valence-electron chi connectivity index (χ2n) is 2.81. The lowest BCUT2D eigenvalue weighted by atomic mass is 10.1. The Kier molecular flexibility index (Phi) is 4.05. The third-order valence-electron chi connectivity index (χ3n) is 1.86. The minimum absolute atomic E-state index is 0.644. The molecule has 0 bridgehead atoms. The molecule has 1 aromatic carbocycles. The maximum atomic E-state index is 5.54. The normalized spacial score (nSPS) is 10.5. The van der Waals surface area contributed by atoms with Gasteiger partial charge in [0, 0.05) is 5.56 Å². The fourth-order valence-corrected chi connectivity index (χ4v) is 1.30. The van der Waals surface area contributed by atoms with Crippen LogP contribution in [0.15, 0.2) is 24.3 Å². The van der Waals surface area contributed by atoms with Crippen LogP contribution in [-0.2, 0) is 0 Å². The fourth-order valence-electron chi connectivity index (χ4n) is 1.30. The number of rotatable bonds is 4. The first-order valence-electron chi connectivity index (χ1n) is 4.76. The molecule has 0 radical (unpaired) electrons. The summed E-state index contributed by atoms with van der Waals surface area (Å²) in [4.78, 5) is 0. The molecule has 0 amide bonds. The second kappa shape index (κ2) is 5.32. The maximum absolute atomic E-state index is 5.54. The van der Waals surface area contributed by atoms with Gasteiger partial charge in [-0.05, 0) is 19.9 Å². The Morgan fingerprint density at radius 3 is 2.71 bits per heavy atom. The van der Waals surface area contributed by atoms with Gasteiger partial charge >= 0.3 is 0 Å². The van der Waals surface area contributed by atoms with Gasteiger partial charge in [-0.15, -0.1) is 0 Å². The molecule has 0 atom stereocenters. The van der Waals surface area contributed by atoms with Crippen molar-refractivity contribution in [2.45, 2.75) is 13.8 Å². The number of methoxy groups -OCH3 is 1. The summed E-state index contributed by atoms with van der Waals surface area (Å²) in [6.07, 6.45) is 3.99. The molecular weight excluding hydrogens is 176 g/mol. The third kappa shape index (κ3) is 2.28. The van der Waals surface area contributed by atoms with E-state index in [-0.39, 0.29) is 0 Å². The van der Waals surface area contributed by atoms with E-state index in [1.54, 1.807) is 7.11 Å². The zero-order valence-corrected chi connectivity index (χ0v) is 8.91. The first-order chi connectivity index (χ1) is 6.83. The van der Waals surface area contributed by atoms with Crippen LogP contribution in [-0.4, -0.2) is 13.7 Å². The third-order valence-corrected chi connectivity index (χ3v) is 1.86. The van der Waals surface area contributed by atoms with E-state index >= 15 is 0 Å². The van der Waals surface area contributed by atoms with Gasteiger partial charge in [-0.3, -0.25) is 0 Å². The first-order valence-corrected chi connectivity index (χ1v) is 4.76. The van der Waals surface area contributed by atoms with Gasteiger partial charge < -0.3 is 9.47 Å². The van der Waals surface area contributed by atoms with Crippen LogP contribution in [0.2, 0.25) is 0 Å². The molecule has 1 aromatic rings. The molecule has 0 aromatic heterocycles. The van der Waals surface area contributed by atoms with Gasteiger partial charge in [-0.2, -0.15) is 0 Å². The molecule has 0 unspecified atom stereocenters. The highest BCUT2D eigenvalue weighted by molar-refractivity contribution is 5.62. The fraction of sp³-hybridized carbons (Fsp3) is 0.333. The number of ether oxygens (including phenoxy) is 2. The van der Waals surface area contributed by atoms with Gasteiger partial charge in [0.2, 0.25) is 0 Å². The van der Waals surface area contributed by atoms with E-state index in [0.717, 1.165) is 17.1 Å². The van der Waals surface area contributed by atoms with Crippen molar-refractivity contribution in [2.24, 2.45) is 0 Å². The van der Waals surface area contributed by atoms with Gasteiger partial charge in [-0.1, -0.05) is 24.3 Å². The molecule has 0 aliphatic carbocycles. The topological polar surface area (TPSA) is 18.5 Å². The number of benzene rings is 1. The van der Waals surface area contributed by atoms with Crippen LogP contribution in [0.25, 0.3) is 6.08 Å². The van der Waals surface area contributed by atoms with Gasteiger partial charge in [0.05, 0.1) is 13.7 Å². The Morgan fingerprint density at radius 1 is 1.36 bits per heavy atom. The van der Waals surface area contributed by atoms with Gasteiger partial charge in [-0.25, -0.2) is 0 Å². The molecule has 2 heteroatoms. The predicted octanol–water partition coefficient (Wildman–Crippen LogP) is 3.13. The van der Waals surface area contributed by atoms with E-state index in [1.807, 2.05) is 44.2 Å². The Bertz CT molecular complexity index is 316. The van der Waals surface area contributed by atoms with Crippen molar-refractivity contribution in [1.82, 2.24) is 0 Å². The zero-order valence-electron chi connectivity index (χ0n) is 8.91. The van der Waals surface area contributed by atoms with Crippen LogP contribution in [0.3, 0.4) is 0 Å². The van der Waals surface area contributed by atoms with Crippen LogP contribution in [0.4, 0.5) is 0 Å². The molecule has 0 saturated heterocycles. The van der Waals surface area contributed by atoms with Crippen molar-refractivity contribution < 1.29 is 9.47 Å². The lowest BCUT2D eigenvalue weighted by Crippen LogP contribution is -1.97. The van der Waals surface area contributed by atoms with E-state index in [4.69, 9.17) is 9.47 Å². The van der Waals surface area contributed by atoms with Crippen LogP contribution in [0.5, 0.6) is 11.5 Å². The van der Waals surface area contributed by atoms with Crippen LogP contribution in [0, 0.1) is 0 Å². The molecule has 0 heterocycles. The molecule has 2 nitrogen and oxygen atoms in total. The van der Waals surface area contributed by atoms with E-state index in [9.17, 15) is 0 Å². The van der Waals surface area contributed by atoms with Crippen LogP contribution in [0.1, 0.15) is 19.4 Å². The van der Waals surface area contributed by atoms with Crippen molar-refractivity contribution in [3.8, 4) is 11.5 Å². The predicted molar refractivity (Wildman–Crippen MR) is 58.9 cm³/mol. The van der Waals surface area contributed by atoms with E-state index in [2.05, 4.69) is 0 Å². The number of allylic oxidation sites excluding steroid dienone is 1. The van der Waals surface area contributed by atoms with Crippen molar-refractivity contribution in [3.05, 3.63) is 29.8 Å². The molecule has 0 spiro atoms. The number of hydrogen-bond donors (Lipinski definition) is 0. The van der Waals surface area contributed by atoms with Crippen molar-refractivity contribution in [1.29, 1.82) is 0 Å². The van der Waals surface area contributed by atoms with Crippen LogP contribution >= 0.6 is 0 Å². The summed E-state index contributed by atoms with van der Waals surface area (Å²) in [5.74, 6) is 1.60. The number of hydrogen-bond acceptors (Lipinski definition) is 2. The summed E-state index contributed by atoms with van der Waals surface area (Å²) in [5, 5.41) is 0. The minimum atomic E-state index is 0.644. The zero-order chi connectivity index (χ0) is 10.4. The molecule has 76 valence electrons. The molecule has 0 aliphatic rings. The summed E-state index contributed by atoms with van der Waals surface area (Å²) >= 11 is 0. The molecule has 0 aliphatic heterocycles. The minimum Gasteiger partial charge on any atom is -0.493 e. The van der Waals surface area contributed by atoms with E-state index in [0.29, 0.717) is 6.61 Å². The molecule has 0 fully saturated rings. The second-order valence-corrected chi connectivity index (χ2v) is 2.81. The van der Waals surface area contributed by atoms with Crippen molar-refractivity contribution >= 4 is 6.08 Å². The Balaban J connectivity index is 3.13. The maximum Gasteiger partial charge on any atom is 0.168 e. The van der Waals surface area contributed by atoms with Gasteiger partial charge in [0.25, 0.3) is 0 Å². The summed E-state index contributed by atoms with van der Waals surface area (Å²) in [7, 11) is 1.65. The van der Waals surface area contributed by atoms with Crippen LogP contribution < -0.4 is 9.47 Å². The van der Waals surface area contributed by atoms with Crippen molar-refractivity contribution in [3.63, 3.8) is 0 Å². The largest absolute Gasteiger partial charge is 0.493 e. The standard InChI is InChI=1S/C12H16O2/c1-4-7-10-8-6-9-11(13-3)12(10)14-5-2/h4,6-9H,5H2,1-3H3. The van der Waals surface area contributed by atoms with E-state index < -0.39 is 0 Å². The van der Waals surface area contributed by atoms with Gasteiger partial charge in [0.1, 0.15) is 0 Å².